The summed E-state index contributed by atoms with van der Waals surface area (Å²) in [6.45, 7) is 6.03. The van der Waals surface area contributed by atoms with Crippen molar-refractivity contribution in [3.8, 4) is 0 Å². The van der Waals surface area contributed by atoms with Crippen molar-refractivity contribution >= 4 is 17.7 Å². The number of amides is 2. The third kappa shape index (κ3) is 6.11. The molecule has 4 N–H and O–H groups in total. The molecule has 1 rings (SSSR count). The second-order valence-electron chi connectivity index (χ2n) is 5.41. The number of rotatable bonds is 5. The quantitative estimate of drug-likeness (QED) is 0.723. The van der Waals surface area contributed by atoms with Gasteiger partial charge in [-0.1, -0.05) is 0 Å². The van der Waals surface area contributed by atoms with Crippen LogP contribution < -0.4 is 16.4 Å². The van der Waals surface area contributed by atoms with Gasteiger partial charge in [0.05, 0.1) is 5.56 Å². The SMILES string of the molecule is CC(C)(C)OC(=O)NCCNc1ccc(F)c(C(N)=O)c1. The van der Waals surface area contributed by atoms with Crippen molar-refractivity contribution in [2.24, 2.45) is 5.73 Å². The van der Waals surface area contributed by atoms with Crippen LogP contribution >= 0.6 is 0 Å². The fraction of sp³-hybridized carbons (Fsp3) is 0.429. The Labute approximate surface area is 122 Å². The number of hydrogen-bond acceptors (Lipinski definition) is 4. The first-order valence-corrected chi connectivity index (χ1v) is 6.49. The average molecular weight is 297 g/mol. The molecule has 0 unspecified atom stereocenters. The van der Waals surface area contributed by atoms with Gasteiger partial charge in [0.1, 0.15) is 11.4 Å². The number of hydrogen-bond donors (Lipinski definition) is 3. The smallest absolute Gasteiger partial charge is 0.407 e. The van der Waals surface area contributed by atoms with E-state index < -0.39 is 23.4 Å². The number of benzene rings is 1. The van der Waals surface area contributed by atoms with E-state index >= 15 is 0 Å². The molecule has 0 aliphatic carbocycles. The zero-order valence-corrected chi connectivity index (χ0v) is 12.3. The fourth-order valence-corrected chi connectivity index (χ4v) is 1.51. The van der Waals surface area contributed by atoms with E-state index in [1.54, 1.807) is 20.8 Å². The number of nitrogens with two attached hydrogens (primary N) is 1. The molecule has 0 aliphatic rings. The van der Waals surface area contributed by atoms with Gasteiger partial charge in [-0.25, -0.2) is 9.18 Å². The van der Waals surface area contributed by atoms with Gasteiger partial charge in [-0.05, 0) is 39.0 Å². The molecule has 116 valence electrons. The Kier molecular flexibility index (Phi) is 5.52. The van der Waals surface area contributed by atoms with E-state index in [1.165, 1.54) is 12.1 Å². The van der Waals surface area contributed by atoms with Gasteiger partial charge in [0, 0.05) is 18.8 Å². The lowest BCUT2D eigenvalue weighted by Gasteiger charge is -2.19. The molecule has 2 amide bonds. The van der Waals surface area contributed by atoms with Crippen LogP contribution in [0.4, 0.5) is 14.9 Å². The van der Waals surface area contributed by atoms with E-state index in [2.05, 4.69) is 10.6 Å². The molecule has 0 saturated carbocycles. The van der Waals surface area contributed by atoms with E-state index in [9.17, 15) is 14.0 Å². The van der Waals surface area contributed by atoms with Crippen molar-refractivity contribution in [2.45, 2.75) is 26.4 Å². The van der Waals surface area contributed by atoms with Crippen molar-refractivity contribution < 1.29 is 18.7 Å². The van der Waals surface area contributed by atoms with Gasteiger partial charge in [-0.15, -0.1) is 0 Å². The first-order chi connectivity index (χ1) is 9.69. The van der Waals surface area contributed by atoms with Crippen LogP contribution in [0.3, 0.4) is 0 Å². The van der Waals surface area contributed by atoms with E-state index in [0.29, 0.717) is 18.8 Å². The number of ether oxygens (including phenoxy) is 1. The molecule has 0 radical (unpaired) electrons. The third-order valence-corrected chi connectivity index (χ3v) is 2.35. The van der Waals surface area contributed by atoms with Gasteiger partial charge in [-0.3, -0.25) is 4.79 Å². The summed E-state index contributed by atoms with van der Waals surface area (Å²) in [5.41, 5.74) is 4.86. The molecule has 1 aromatic rings. The van der Waals surface area contributed by atoms with Crippen molar-refractivity contribution in [1.82, 2.24) is 5.32 Å². The summed E-state index contributed by atoms with van der Waals surface area (Å²) in [5, 5.41) is 5.51. The molecule has 0 fully saturated rings. The molecule has 6 nitrogen and oxygen atoms in total. The van der Waals surface area contributed by atoms with Crippen LogP contribution in [-0.2, 0) is 4.74 Å². The number of alkyl carbamates (subject to hydrolysis) is 1. The van der Waals surface area contributed by atoms with Gasteiger partial charge in [0.25, 0.3) is 5.91 Å². The van der Waals surface area contributed by atoms with Crippen LogP contribution in [0.2, 0.25) is 0 Å². The molecule has 0 aromatic heterocycles. The van der Waals surface area contributed by atoms with Gasteiger partial charge < -0.3 is 21.1 Å². The van der Waals surface area contributed by atoms with Gasteiger partial charge >= 0.3 is 6.09 Å². The van der Waals surface area contributed by atoms with Crippen molar-refractivity contribution in [3.05, 3.63) is 29.6 Å². The Morgan fingerprint density at radius 1 is 1.29 bits per heavy atom. The van der Waals surface area contributed by atoms with Crippen molar-refractivity contribution in [1.29, 1.82) is 0 Å². The molecule has 0 spiro atoms. The highest BCUT2D eigenvalue weighted by Crippen LogP contribution is 2.14. The summed E-state index contributed by atoms with van der Waals surface area (Å²) < 4.78 is 18.3. The van der Waals surface area contributed by atoms with Gasteiger partial charge in [0.15, 0.2) is 0 Å². The molecule has 0 aliphatic heterocycles. The molecule has 0 atom stereocenters. The minimum atomic E-state index is -0.831. The van der Waals surface area contributed by atoms with E-state index in [4.69, 9.17) is 10.5 Å². The Morgan fingerprint density at radius 2 is 1.95 bits per heavy atom. The van der Waals surface area contributed by atoms with Crippen LogP contribution in [0.15, 0.2) is 18.2 Å². The molecule has 0 bridgehead atoms. The topological polar surface area (TPSA) is 93.4 Å². The van der Waals surface area contributed by atoms with Crippen LogP contribution in [0, 0.1) is 5.82 Å². The predicted octanol–water partition coefficient (Wildman–Crippen LogP) is 1.86. The monoisotopic (exact) mass is 297 g/mol. The third-order valence-electron chi connectivity index (χ3n) is 2.35. The van der Waals surface area contributed by atoms with Gasteiger partial charge in [0.2, 0.25) is 0 Å². The molecule has 1 aromatic carbocycles. The van der Waals surface area contributed by atoms with Crippen LogP contribution in [-0.4, -0.2) is 30.7 Å². The molecule has 0 heterocycles. The highest BCUT2D eigenvalue weighted by Gasteiger charge is 2.15. The molecular weight excluding hydrogens is 277 g/mol. The van der Waals surface area contributed by atoms with Crippen LogP contribution in [0.5, 0.6) is 0 Å². The predicted molar refractivity (Wildman–Crippen MR) is 77.6 cm³/mol. The van der Waals surface area contributed by atoms with Crippen LogP contribution in [0.25, 0.3) is 0 Å². The molecule has 0 saturated heterocycles. The summed E-state index contributed by atoms with van der Waals surface area (Å²) >= 11 is 0. The maximum atomic E-state index is 13.3. The minimum absolute atomic E-state index is 0.180. The molecule has 7 heteroatoms. The van der Waals surface area contributed by atoms with Gasteiger partial charge in [-0.2, -0.15) is 0 Å². The largest absolute Gasteiger partial charge is 0.444 e. The van der Waals surface area contributed by atoms with E-state index in [-0.39, 0.29) is 5.56 Å². The normalized spacial score (nSPS) is 10.9. The Bertz CT molecular complexity index is 527. The lowest BCUT2D eigenvalue weighted by molar-refractivity contribution is 0.0530. The van der Waals surface area contributed by atoms with Crippen LogP contribution in [0.1, 0.15) is 31.1 Å². The maximum Gasteiger partial charge on any atom is 0.407 e. The Morgan fingerprint density at radius 3 is 2.52 bits per heavy atom. The first kappa shape index (κ1) is 16.7. The van der Waals surface area contributed by atoms with E-state index in [1.807, 2.05) is 0 Å². The number of anilines is 1. The Balaban J connectivity index is 2.41. The standard InChI is InChI=1S/C14H20FN3O3/c1-14(2,3)21-13(20)18-7-6-17-9-4-5-11(15)10(8-9)12(16)19/h4-5,8,17H,6-7H2,1-3H3,(H2,16,19)(H,18,20). The highest BCUT2D eigenvalue weighted by molar-refractivity contribution is 5.94. The fourth-order valence-electron chi connectivity index (χ4n) is 1.51. The second-order valence-corrected chi connectivity index (χ2v) is 5.41. The summed E-state index contributed by atoms with van der Waals surface area (Å²) in [6.07, 6.45) is -0.513. The van der Waals surface area contributed by atoms with Crippen molar-refractivity contribution in [3.63, 3.8) is 0 Å². The number of carbonyl (C=O) groups is 2. The van der Waals surface area contributed by atoms with E-state index in [0.717, 1.165) is 6.07 Å². The molecule has 21 heavy (non-hydrogen) atoms. The maximum absolute atomic E-state index is 13.3. The summed E-state index contributed by atoms with van der Waals surface area (Å²) in [6, 6.07) is 3.96. The lowest BCUT2D eigenvalue weighted by atomic mass is 10.2. The number of nitrogens with one attached hydrogen (secondary N) is 2. The number of primary amides is 1. The summed E-state index contributed by atoms with van der Waals surface area (Å²) in [5.74, 6) is -1.50. The lowest BCUT2D eigenvalue weighted by Crippen LogP contribution is -2.35. The summed E-state index contributed by atoms with van der Waals surface area (Å²) in [4.78, 5) is 22.4. The number of halogens is 1. The molecular formula is C14H20FN3O3. The first-order valence-electron chi connectivity index (χ1n) is 6.49. The summed E-state index contributed by atoms with van der Waals surface area (Å²) in [7, 11) is 0. The number of carbonyl (C=O) groups excluding carboxylic acids is 2. The minimum Gasteiger partial charge on any atom is -0.444 e. The average Bonchev–Trinajstić information content (AvgIpc) is 2.34. The Hall–Kier alpha value is -2.31. The second kappa shape index (κ2) is 6.92. The zero-order valence-electron chi connectivity index (χ0n) is 12.3. The highest BCUT2D eigenvalue weighted by atomic mass is 19.1. The zero-order chi connectivity index (χ0) is 16.0. The van der Waals surface area contributed by atoms with Crippen molar-refractivity contribution in [2.75, 3.05) is 18.4 Å².